The van der Waals surface area contributed by atoms with Crippen LogP contribution in [0.4, 0.5) is 10.1 Å². The maximum Gasteiger partial charge on any atom is 0.303 e. The number of halogens is 1. The number of carboxylic acids is 1. The lowest BCUT2D eigenvalue weighted by Gasteiger charge is -2.15. The van der Waals surface area contributed by atoms with Crippen molar-refractivity contribution in [3.8, 4) is 5.75 Å². The van der Waals surface area contributed by atoms with E-state index in [1.165, 1.54) is 6.07 Å². The Morgan fingerprint density at radius 2 is 2.28 bits per heavy atom. The van der Waals surface area contributed by atoms with Crippen LogP contribution in [0.2, 0.25) is 0 Å². The van der Waals surface area contributed by atoms with E-state index < -0.39 is 11.8 Å². The second kappa shape index (κ2) is 6.83. The Hall–Kier alpha value is -1.78. The number of hydrogen-bond donors (Lipinski definition) is 2. The van der Waals surface area contributed by atoms with E-state index >= 15 is 0 Å². The zero-order valence-corrected chi connectivity index (χ0v) is 10.6. The summed E-state index contributed by atoms with van der Waals surface area (Å²) in [5.74, 6) is -1.03. The van der Waals surface area contributed by atoms with Crippen LogP contribution >= 0.6 is 0 Å². The molecule has 0 saturated heterocycles. The Morgan fingerprint density at radius 1 is 1.56 bits per heavy atom. The summed E-state index contributed by atoms with van der Waals surface area (Å²) in [6.45, 7) is 4.07. The molecule has 0 spiro atoms. The van der Waals surface area contributed by atoms with Crippen molar-refractivity contribution in [1.29, 1.82) is 0 Å². The highest BCUT2D eigenvalue weighted by atomic mass is 19.1. The summed E-state index contributed by atoms with van der Waals surface area (Å²) in [5.41, 5.74) is 0.619. The zero-order chi connectivity index (χ0) is 13.5. The minimum Gasteiger partial charge on any atom is -0.491 e. The molecule has 4 nitrogen and oxygen atoms in total. The highest BCUT2D eigenvalue weighted by Gasteiger charge is 2.08. The van der Waals surface area contributed by atoms with Gasteiger partial charge in [-0.05, 0) is 32.4 Å². The van der Waals surface area contributed by atoms with Gasteiger partial charge in [0.15, 0.2) is 11.6 Å². The van der Waals surface area contributed by atoms with Gasteiger partial charge in [-0.2, -0.15) is 0 Å². The molecule has 1 rings (SSSR count). The third kappa shape index (κ3) is 4.61. The first-order valence-electron chi connectivity index (χ1n) is 5.93. The predicted molar refractivity (Wildman–Crippen MR) is 67.5 cm³/mol. The first-order chi connectivity index (χ1) is 8.52. The Bertz CT molecular complexity index is 409. The van der Waals surface area contributed by atoms with Crippen LogP contribution in [0.1, 0.15) is 26.7 Å². The first-order valence-corrected chi connectivity index (χ1v) is 5.93. The van der Waals surface area contributed by atoms with Crippen LogP contribution in [0.25, 0.3) is 0 Å². The van der Waals surface area contributed by atoms with Crippen molar-refractivity contribution in [3.05, 3.63) is 24.0 Å². The lowest BCUT2D eigenvalue weighted by Crippen LogP contribution is -2.16. The van der Waals surface area contributed by atoms with E-state index in [2.05, 4.69) is 5.32 Å². The lowest BCUT2D eigenvalue weighted by molar-refractivity contribution is -0.137. The smallest absolute Gasteiger partial charge is 0.303 e. The number of rotatable bonds is 7. The van der Waals surface area contributed by atoms with E-state index in [1.807, 2.05) is 6.92 Å². The average molecular weight is 255 g/mol. The molecule has 1 atom stereocenters. The van der Waals surface area contributed by atoms with E-state index in [9.17, 15) is 9.18 Å². The average Bonchev–Trinajstić information content (AvgIpc) is 2.30. The summed E-state index contributed by atoms with van der Waals surface area (Å²) in [4.78, 5) is 10.4. The van der Waals surface area contributed by atoms with Crippen LogP contribution in [0.3, 0.4) is 0 Å². The molecule has 0 heterocycles. The van der Waals surface area contributed by atoms with Gasteiger partial charge >= 0.3 is 5.97 Å². The van der Waals surface area contributed by atoms with Gasteiger partial charge in [-0.25, -0.2) is 4.39 Å². The number of carbonyl (C=O) groups is 1. The number of nitrogens with one attached hydrogen (secondary N) is 1. The van der Waals surface area contributed by atoms with Gasteiger partial charge in [0.05, 0.1) is 6.61 Å². The summed E-state index contributed by atoms with van der Waals surface area (Å²) < 4.78 is 18.6. The highest BCUT2D eigenvalue weighted by molar-refractivity contribution is 5.66. The summed E-state index contributed by atoms with van der Waals surface area (Å²) in [6.07, 6.45) is 0.581. The van der Waals surface area contributed by atoms with Gasteiger partial charge in [-0.15, -0.1) is 0 Å². The minimum atomic E-state index is -0.832. The quantitative estimate of drug-likeness (QED) is 0.786. The molecule has 0 bridgehead atoms. The summed E-state index contributed by atoms with van der Waals surface area (Å²) in [6, 6.07) is 4.59. The Labute approximate surface area is 106 Å². The fraction of sp³-hybridized carbons (Fsp3) is 0.462. The third-order valence-corrected chi connectivity index (χ3v) is 2.44. The number of aliphatic carboxylic acids is 1. The van der Waals surface area contributed by atoms with Crippen LogP contribution < -0.4 is 10.1 Å². The van der Waals surface area contributed by atoms with E-state index in [0.717, 1.165) is 0 Å². The van der Waals surface area contributed by atoms with Crippen molar-refractivity contribution >= 4 is 11.7 Å². The van der Waals surface area contributed by atoms with Crippen molar-refractivity contribution in [2.24, 2.45) is 0 Å². The normalized spacial score (nSPS) is 11.9. The molecule has 1 aromatic carbocycles. The molecule has 0 amide bonds. The van der Waals surface area contributed by atoms with Crippen LogP contribution in [0.5, 0.6) is 5.75 Å². The third-order valence-electron chi connectivity index (χ3n) is 2.44. The predicted octanol–water partition coefficient (Wildman–Crippen LogP) is 2.89. The molecule has 0 radical (unpaired) electrons. The maximum absolute atomic E-state index is 13.5. The van der Waals surface area contributed by atoms with Crippen LogP contribution in [0.15, 0.2) is 18.2 Å². The van der Waals surface area contributed by atoms with Gasteiger partial charge in [0.25, 0.3) is 0 Å². The summed E-state index contributed by atoms with van der Waals surface area (Å²) in [7, 11) is 0. The molecule has 0 fully saturated rings. The Morgan fingerprint density at radius 3 is 2.83 bits per heavy atom. The van der Waals surface area contributed by atoms with Gasteiger partial charge in [0.1, 0.15) is 0 Å². The molecule has 100 valence electrons. The van der Waals surface area contributed by atoms with Crippen molar-refractivity contribution in [2.45, 2.75) is 32.7 Å². The van der Waals surface area contributed by atoms with Crippen molar-refractivity contribution < 1.29 is 19.0 Å². The minimum absolute atomic E-state index is 0.0292. The van der Waals surface area contributed by atoms with Gasteiger partial charge in [0, 0.05) is 24.2 Å². The van der Waals surface area contributed by atoms with Gasteiger partial charge in [-0.1, -0.05) is 0 Å². The maximum atomic E-state index is 13.5. The molecule has 1 unspecified atom stereocenters. The molecule has 0 aliphatic rings. The van der Waals surface area contributed by atoms with Crippen LogP contribution in [-0.2, 0) is 4.79 Å². The van der Waals surface area contributed by atoms with Crippen molar-refractivity contribution in [1.82, 2.24) is 0 Å². The van der Waals surface area contributed by atoms with E-state index in [1.54, 1.807) is 19.1 Å². The van der Waals surface area contributed by atoms with Gasteiger partial charge < -0.3 is 15.2 Å². The van der Waals surface area contributed by atoms with Gasteiger partial charge in [0.2, 0.25) is 0 Å². The largest absolute Gasteiger partial charge is 0.491 e. The Kier molecular flexibility index (Phi) is 5.42. The molecule has 2 N–H and O–H groups in total. The fourth-order valence-electron chi connectivity index (χ4n) is 1.56. The number of benzene rings is 1. The number of carboxylic acid groups (broad SMARTS) is 1. The molecule has 1 aromatic rings. The number of ether oxygens (including phenoxy) is 1. The monoisotopic (exact) mass is 255 g/mol. The van der Waals surface area contributed by atoms with Crippen molar-refractivity contribution in [3.63, 3.8) is 0 Å². The van der Waals surface area contributed by atoms with Gasteiger partial charge in [-0.3, -0.25) is 4.79 Å². The molecule has 0 aromatic heterocycles. The second-order valence-corrected chi connectivity index (χ2v) is 4.06. The zero-order valence-electron chi connectivity index (χ0n) is 10.6. The van der Waals surface area contributed by atoms with Crippen LogP contribution in [-0.4, -0.2) is 23.7 Å². The number of hydrogen-bond acceptors (Lipinski definition) is 3. The molecule has 0 saturated carbocycles. The first kappa shape index (κ1) is 14.3. The van der Waals surface area contributed by atoms with E-state index in [4.69, 9.17) is 9.84 Å². The molecule has 5 heteroatoms. The van der Waals surface area contributed by atoms with Crippen molar-refractivity contribution in [2.75, 3.05) is 11.9 Å². The van der Waals surface area contributed by atoms with E-state index in [-0.39, 0.29) is 18.2 Å². The summed E-state index contributed by atoms with van der Waals surface area (Å²) in [5, 5.41) is 11.6. The molecule has 0 aliphatic carbocycles. The topological polar surface area (TPSA) is 58.6 Å². The fourth-order valence-corrected chi connectivity index (χ4v) is 1.56. The standard InChI is InChI=1S/C13H18FNO3/c1-3-18-12-6-5-10(8-11(12)14)15-9(2)4-7-13(16)17/h5-6,8-9,15H,3-4,7H2,1-2H3,(H,16,17). The lowest BCUT2D eigenvalue weighted by atomic mass is 10.1. The van der Waals surface area contributed by atoms with E-state index in [0.29, 0.717) is 18.7 Å². The van der Waals surface area contributed by atoms with Crippen LogP contribution in [0, 0.1) is 5.82 Å². The SMILES string of the molecule is CCOc1ccc(NC(C)CCC(=O)O)cc1F. The number of anilines is 1. The Balaban J connectivity index is 2.57. The molecular formula is C13H18FNO3. The molecular weight excluding hydrogens is 237 g/mol. The summed E-state index contributed by atoms with van der Waals surface area (Å²) >= 11 is 0. The second-order valence-electron chi connectivity index (χ2n) is 4.06. The molecule has 18 heavy (non-hydrogen) atoms. The molecule has 0 aliphatic heterocycles. The highest BCUT2D eigenvalue weighted by Crippen LogP contribution is 2.22.